The second-order valence-electron chi connectivity index (χ2n) is 17.3. The van der Waals surface area contributed by atoms with Crippen molar-refractivity contribution in [1.82, 2.24) is 4.98 Å². The highest BCUT2D eigenvalue weighted by Crippen LogP contribution is 2.73. The lowest BCUT2D eigenvalue weighted by Gasteiger charge is -2.65. The molecular formula is C39H51NO5. The Hall–Kier alpha value is -2.41. The summed E-state index contributed by atoms with van der Waals surface area (Å²) in [5.41, 5.74) is 8.13. The molecule has 6 heteroatoms. The van der Waals surface area contributed by atoms with Crippen LogP contribution in [0.3, 0.4) is 0 Å². The normalized spacial score (nSPS) is 42.3. The minimum absolute atomic E-state index is 0.00646. The monoisotopic (exact) mass is 613 g/mol. The van der Waals surface area contributed by atoms with Crippen LogP contribution in [0.2, 0.25) is 0 Å². The highest BCUT2D eigenvalue weighted by molar-refractivity contribution is 5.93. The Labute approximate surface area is 268 Å². The fourth-order valence-corrected chi connectivity index (χ4v) is 12.0. The first kappa shape index (κ1) is 30.0. The number of methoxy groups -OCH3 is 1. The van der Waals surface area contributed by atoms with Crippen LogP contribution in [0.4, 0.5) is 0 Å². The molecule has 3 heterocycles. The maximum Gasteiger partial charge on any atom is 0.333 e. The number of H-pyrrole nitrogens is 1. The molecule has 8 atom stereocenters. The van der Waals surface area contributed by atoms with Gasteiger partial charge in [0, 0.05) is 45.3 Å². The molecule has 0 radical (unpaired) electrons. The van der Waals surface area contributed by atoms with E-state index in [1.165, 1.54) is 46.0 Å². The lowest BCUT2D eigenvalue weighted by molar-refractivity contribution is -0.294. The fraction of sp³-hybridized carbons (Fsp3) is 0.667. The van der Waals surface area contributed by atoms with Crippen molar-refractivity contribution >= 4 is 22.4 Å². The lowest BCUT2D eigenvalue weighted by Crippen LogP contribution is -2.65. The van der Waals surface area contributed by atoms with Crippen LogP contribution < -0.4 is 0 Å². The highest BCUT2D eigenvalue weighted by atomic mass is 16.6. The molecule has 0 amide bonds. The summed E-state index contributed by atoms with van der Waals surface area (Å²) in [6, 6.07) is 4.95. The predicted octanol–water partition coefficient (Wildman–Crippen LogP) is 7.55. The summed E-state index contributed by atoms with van der Waals surface area (Å²) in [7, 11) is 1.41. The van der Waals surface area contributed by atoms with Crippen molar-refractivity contribution in [2.45, 2.75) is 129 Å². The van der Waals surface area contributed by atoms with E-state index in [1.54, 1.807) is 6.92 Å². The number of nitrogens with one attached hydrogen (secondary N) is 1. The van der Waals surface area contributed by atoms with E-state index in [2.05, 4.69) is 71.7 Å². The number of ether oxygens (including phenoxy) is 3. The van der Waals surface area contributed by atoms with Gasteiger partial charge in [-0.3, -0.25) is 0 Å². The third-order valence-corrected chi connectivity index (χ3v) is 14.2. The zero-order chi connectivity index (χ0) is 32.1. The van der Waals surface area contributed by atoms with Gasteiger partial charge < -0.3 is 24.3 Å². The van der Waals surface area contributed by atoms with E-state index < -0.39 is 11.2 Å². The summed E-state index contributed by atoms with van der Waals surface area (Å²) in [5, 5.41) is 13.5. The number of hydrogen-bond acceptors (Lipinski definition) is 5. The van der Waals surface area contributed by atoms with Crippen LogP contribution in [0.1, 0.15) is 110 Å². The molecule has 2 saturated carbocycles. The van der Waals surface area contributed by atoms with E-state index in [9.17, 15) is 9.90 Å². The van der Waals surface area contributed by atoms with E-state index in [-0.39, 0.29) is 34.1 Å². The molecule has 2 aliphatic heterocycles. The maximum absolute atomic E-state index is 12.2. The third kappa shape index (κ3) is 3.71. The zero-order valence-electron chi connectivity index (χ0n) is 28.6. The molecular weight excluding hydrogens is 562 g/mol. The van der Waals surface area contributed by atoms with Gasteiger partial charge >= 0.3 is 5.97 Å². The summed E-state index contributed by atoms with van der Waals surface area (Å²) in [6.45, 7) is 18.0. The number of aromatic amines is 1. The second kappa shape index (κ2) is 8.93. The minimum atomic E-state index is -1.20. The van der Waals surface area contributed by atoms with Crippen molar-refractivity contribution in [2.75, 3.05) is 7.11 Å². The first-order valence-electron chi connectivity index (χ1n) is 17.2. The van der Waals surface area contributed by atoms with Gasteiger partial charge in [0.1, 0.15) is 0 Å². The molecule has 1 aromatic heterocycles. The number of carbonyl (C=O) groups excluding carboxylic acids is 1. The van der Waals surface area contributed by atoms with Crippen LogP contribution >= 0.6 is 0 Å². The standard InChI is InChI=1S/C39H51NO5/c1-21(33(41)43-9)14-24-19-37(7)31-11-10-23-17-27-26-18-25-22(15-29-28(25)20-34(2,3)45-35(29,4)5)16-30(26)40-32(27)38(23,8)36(31,6)12-13-39(37,42)44-24/h14,16,18,20,23-24,29,31,40,42H,10-13,15,17,19H2,1-9H3/b21-14-/t23-,24+,29-,31+,36-,37-,38+,39-/m0/s1. The Bertz CT molecular complexity index is 1710. The van der Waals surface area contributed by atoms with E-state index in [0.29, 0.717) is 36.2 Å². The summed E-state index contributed by atoms with van der Waals surface area (Å²) < 4.78 is 17.9. The molecule has 0 bridgehead atoms. The van der Waals surface area contributed by atoms with Gasteiger partial charge in [0.25, 0.3) is 0 Å². The van der Waals surface area contributed by atoms with E-state index in [1.807, 2.05) is 6.08 Å². The SMILES string of the molecule is COC(=O)/C(C)=C\[C@@H]1C[C@@]2(C)[C@@H]3CC[C@H]4Cc5c([nH]c6cc7c(cc56)C5=CC(C)(C)OC(C)(C)[C@H]5C7)[C@]4(C)[C@@]3(C)CC[C@]2(O)O1. The first-order chi connectivity index (χ1) is 21.0. The van der Waals surface area contributed by atoms with Gasteiger partial charge in [-0.25, -0.2) is 4.79 Å². The fourth-order valence-electron chi connectivity index (χ4n) is 12.0. The lowest BCUT2D eigenvalue weighted by atomic mass is 9.40. The average molecular weight is 614 g/mol. The van der Waals surface area contributed by atoms with Crippen molar-refractivity contribution in [1.29, 1.82) is 0 Å². The molecule has 3 fully saturated rings. The van der Waals surface area contributed by atoms with Crippen molar-refractivity contribution in [3.05, 3.63) is 52.2 Å². The molecule has 0 unspecified atom stereocenters. The Morgan fingerprint density at radius 1 is 1.04 bits per heavy atom. The molecule has 2 N–H and O–H groups in total. The number of aliphatic hydroxyl groups is 1. The number of fused-ring (bicyclic) bond motifs is 12. The number of aromatic nitrogens is 1. The Morgan fingerprint density at radius 2 is 1.80 bits per heavy atom. The van der Waals surface area contributed by atoms with Crippen LogP contribution in [-0.4, -0.2) is 46.3 Å². The van der Waals surface area contributed by atoms with Crippen LogP contribution in [0.25, 0.3) is 16.5 Å². The quantitative estimate of drug-likeness (QED) is 0.270. The molecule has 1 aromatic carbocycles. The van der Waals surface area contributed by atoms with Gasteiger partial charge in [-0.15, -0.1) is 0 Å². The van der Waals surface area contributed by atoms with Gasteiger partial charge in [0.15, 0.2) is 5.79 Å². The number of rotatable bonds is 2. The van der Waals surface area contributed by atoms with Gasteiger partial charge in [0.05, 0.1) is 24.4 Å². The number of benzene rings is 1. The number of esters is 1. The Morgan fingerprint density at radius 3 is 2.53 bits per heavy atom. The topological polar surface area (TPSA) is 80.8 Å². The molecule has 2 aromatic rings. The van der Waals surface area contributed by atoms with Crippen molar-refractivity contribution < 1.29 is 24.1 Å². The molecule has 4 aliphatic carbocycles. The van der Waals surface area contributed by atoms with E-state index >= 15 is 0 Å². The van der Waals surface area contributed by atoms with E-state index in [0.717, 1.165) is 32.1 Å². The summed E-state index contributed by atoms with van der Waals surface area (Å²) >= 11 is 0. The van der Waals surface area contributed by atoms with Crippen LogP contribution in [0.15, 0.2) is 29.9 Å². The van der Waals surface area contributed by atoms with Gasteiger partial charge in [-0.05, 0) is 137 Å². The second-order valence-corrected chi connectivity index (χ2v) is 17.3. The van der Waals surface area contributed by atoms with E-state index in [4.69, 9.17) is 14.2 Å². The minimum Gasteiger partial charge on any atom is -0.466 e. The molecule has 6 aliphatic rings. The molecule has 242 valence electrons. The average Bonchev–Trinajstić information content (AvgIpc) is 3.64. The molecule has 8 rings (SSSR count). The third-order valence-electron chi connectivity index (χ3n) is 14.2. The summed E-state index contributed by atoms with van der Waals surface area (Å²) in [6.07, 6.45) is 10.5. The largest absolute Gasteiger partial charge is 0.466 e. The van der Waals surface area contributed by atoms with Crippen LogP contribution in [0.5, 0.6) is 0 Å². The van der Waals surface area contributed by atoms with Crippen molar-refractivity contribution in [2.24, 2.45) is 28.6 Å². The molecule has 1 saturated heterocycles. The number of carbonyl (C=O) groups is 1. The smallest absolute Gasteiger partial charge is 0.333 e. The van der Waals surface area contributed by atoms with Gasteiger partial charge in [-0.2, -0.15) is 0 Å². The first-order valence-corrected chi connectivity index (χ1v) is 17.2. The number of hydrogen-bond donors (Lipinski definition) is 2. The Balaban J connectivity index is 1.19. The predicted molar refractivity (Wildman–Crippen MR) is 176 cm³/mol. The van der Waals surface area contributed by atoms with Crippen molar-refractivity contribution in [3.8, 4) is 0 Å². The van der Waals surface area contributed by atoms with Crippen LogP contribution in [-0.2, 0) is 37.3 Å². The molecule has 6 nitrogen and oxygen atoms in total. The zero-order valence-corrected chi connectivity index (χ0v) is 28.6. The summed E-state index contributed by atoms with van der Waals surface area (Å²) in [4.78, 5) is 16.2. The van der Waals surface area contributed by atoms with Crippen molar-refractivity contribution in [3.63, 3.8) is 0 Å². The van der Waals surface area contributed by atoms with Gasteiger partial charge in [-0.1, -0.05) is 20.8 Å². The van der Waals surface area contributed by atoms with Crippen LogP contribution in [0, 0.1) is 28.6 Å². The van der Waals surface area contributed by atoms with Gasteiger partial charge in [0.2, 0.25) is 0 Å². The molecule has 45 heavy (non-hydrogen) atoms. The Kier molecular flexibility index (Phi) is 5.95. The molecule has 0 spiro atoms. The highest BCUT2D eigenvalue weighted by Gasteiger charge is 2.72. The summed E-state index contributed by atoms with van der Waals surface area (Å²) in [5.74, 6) is -0.300. The maximum atomic E-state index is 12.2.